The maximum absolute atomic E-state index is 5.99. The van der Waals surface area contributed by atoms with Crippen molar-refractivity contribution in [1.82, 2.24) is 0 Å². The molecule has 1 saturated heterocycles. The number of aryl methyl sites for hydroxylation is 1. The highest BCUT2D eigenvalue weighted by atomic mass is 79.9. The van der Waals surface area contributed by atoms with E-state index in [-0.39, 0.29) is 0 Å². The lowest BCUT2D eigenvalue weighted by Gasteiger charge is -2.26. The first-order valence-electron chi connectivity index (χ1n) is 7.63. The summed E-state index contributed by atoms with van der Waals surface area (Å²) in [6.07, 6.45) is 2.90. The largest absolute Gasteiger partial charge is 0.493 e. The van der Waals surface area contributed by atoms with Crippen molar-refractivity contribution >= 4 is 15.9 Å². The van der Waals surface area contributed by atoms with Gasteiger partial charge in [0.1, 0.15) is 5.75 Å². The van der Waals surface area contributed by atoms with Crippen LogP contribution in [-0.4, -0.2) is 18.8 Å². The van der Waals surface area contributed by atoms with E-state index in [1.807, 2.05) is 0 Å². The zero-order valence-corrected chi connectivity index (χ0v) is 14.0. The molecule has 0 amide bonds. The van der Waals surface area contributed by atoms with Crippen molar-refractivity contribution in [3.05, 3.63) is 29.3 Å². The van der Waals surface area contributed by atoms with Crippen LogP contribution in [0.25, 0.3) is 0 Å². The lowest BCUT2D eigenvalue weighted by Crippen LogP contribution is -2.22. The summed E-state index contributed by atoms with van der Waals surface area (Å²) in [4.78, 5) is 0.352. The maximum Gasteiger partial charge on any atom is 0.122 e. The highest BCUT2D eigenvalue weighted by molar-refractivity contribution is 9.09. The molecule has 2 aliphatic rings. The molecule has 2 nitrogen and oxygen atoms in total. The predicted octanol–water partition coefficient (Wildman–Crippen LogP) is 4.51. The molecular weight excluding hydrogens is 316 g/mol. The first kappa shape index (κ1) is 14.4. The van der Waals surface area contributed by atoms with Crippen molar-refractivity contribution in [3.8, 4) is 5.75 Å². The number of alkyl halides is 1. The monoisotopic (exact) mass is 338 g/mol. The minimum atomic E-state index is 0.302. The van der Waals surface area contributed by atoms with Gasteiger partial charge in [0, 0.05) is 10.7 Å². The van der Waals surface area contributed by atoms with Crippen LogP contribution in [0.1, 0.15) is 43.1 Å². The van der Waals surface area contributed by atoms with E-state index < -0.39 is 0 Å². The van der Waals surface area contributed by atoms with Crippen molar-refractivity contribution in [1.29, 1.82) is 0 Å². The first-order chi connectivity index (χ1) is 9.58. The van der Waals surface area contributed by atoms with Gasteiger partial charge in [-0.25, -0.2) is 0 Å². The van der Waals surface area contributed by atoms with Gasteiger partial charge in [0.2, 0.25) is 0 Å². The van der Waals surface area contributed by atoms with Crippen LogP contribution in [0.15, 0.2) is 18.2 Å². The van der Waals surface area contributed by atoms with E-state index in [2.05, 4.69) is 54.9 Å². The van der Waals surface area contributed by atoms with Crippen LogP contribution in [0, 0.1) is 11.8 Å². The maximum atomic E-state index is 5.99. The molecule has 1 fully saturated rings. The molecule has 3 heteroatoms. The third-order valence-electron chi connectivity index (χ3n) is 4.91. The molecule has 1 aromatic rings. The van der Waals surface area contributed by atoms with E-state index in [1.165, 1.54) is 11.1 Å². The van der Waals surface area contributed by atoms with Gasteiger partial charge in [0.05, 0.1) is 18.8 Å². The smallest absolute Gasteiger partial charge is 0.122 e. The summed E-state index contributed by atoms with van der Waals surface area (Å²) in [5, 5.41) is 0. The fourth-order valence-corrected chi connectivity index (χ4v) is 4.77. The molecule has 0 spiro atoms. The molecule has 20 heavy (non-hydrogen) atoms. The zero-order chi connectivity index (χ0) is 14.3. The second-order valence-electron chi connectivity index (χ2n) is 6.20. The second kappa shape index (κ2) is 5.69. The van der Waals surface area contributed by atoms with Crippen LogP contribution >= 0.6 is 15.9 Å². The molecule has 0 aliphatic carbocycles. The molecule has 2 heterocycles. The number of hydrogen-bond donors (Lipinski definition) is 0. The van der Waals surface area contributed by atoms with E-state index in [4.69, 9.17) is 9.47 Å². The highest BCUT2D eigenvalue weighted by Crippen LogP contribution is 2.45. The van der Waals surface area contributed by atoms with Crippen molar-refractivity contribution in [2.75, 3.05) is 6.61 Å². The molecule has 0 saturated carbocycles. The molecule has 110 valence electrons. The average Bonchev–Trinajstić information content (AvgIpc) is 2.71. The highest BCUT2D eigenvalue weighted by Gasteiger charge is 2.41. The van der Waals surface area contributed by atoms with E-state index in [0.29, 0.717) is 28.9 Å². The number of fused-ring (bicyclic) bond motifs is 1. The predicted molar refractivity (Wildman–Crippen MR) is 84.6 cm³/mol. The SMILES string of the molecule is CC1OC(C)C(C(Br)c2ccc3c(c2)CCCO3)C1C. The summed E-state index contributed by atoms with van der Waals surface area (Å²) >= 11 is 3.93. The molecule has 5 atom stereocenters. The number of ether oxygens (including phenoxy) is 2. The Hall–Kier alpha value is -0.540. The van der Waals surface area contributed by atoms with E-state index >= 15 is 0 Å². The van der Waals surface area contributed by atoms with Gasteiger partial charge in [-0.1, -0.05) is 35.0 Å². The number of halogens is 1. The Labute approximate surface area is 130 Å². The molecule has 2 aliphatic heterocycles. The summed E-state index contributed by atoms with van der Waals surface area (Å²) in [6, 6.07) is 6.65. The van der Waals surface area contributed by atoms with Gasteiger partial charge >= 0.3 is 0 Å². The lowest BCUT2D eigenvalue weighted by atomic mass is 9.84. The fraction of sp³-hybridized carbons (Fsp3) is 0.647. The minimum absolute atomic E-state index is 0.302. The Bertz CT molecular complexity index is 488. The third kappa shape index (κ3) is 2.50. The molecule has 0 bridgehead atoms. The van der Waals surface area contributed by atoms with Gasteiger partial charge in [0.25, 0.3) is 0 Å². The first-order valence-corrected chi connectivity index (χ1v) is 8.54. The molecule has 5 unspecified atom stereocenters. The molecule has 0 N–H and O–H groups in total. The summed E-state index contributed by atoms with van der Waals surface area (Å²) in [6.45, 7) is 7.53. The third-order valence-corrected chi connectivity index (χ3v) is 6.05. The molecule has 1 aromatic carbocycles. The van der Waals surface area contributed by atoms with Gasteiger partial charge in [-0.3, -0.25) is 0 Å². The van der Waals surface area contributed by atoms with Crippen molar-refractivity contribution in [3.63, 3.8) is 0 Å². The molecule has 0 radical (unpaired) electrons. The van der Waals surface area contributed by atoms with Crippen LogP contribution < -0.4 is 4.74 Å². The Balaban J connectivity index is 1.85. The fourth-order valence-electron chi connectivity index (χ4n) is 3.57. The number of rotatable bonds is 2. The van der Waals surface area contributed by atoms with E-state index in [9.17, 15) is 0 Å². The van der Waals surface area contributed by atoms with E-state index in [0.717, 1.165) is 25.2 Å². The zero-order valence-electron chi connectivity index (χ0n) is 12.4. The van der Waals surface area contributed by atoms with E-state index in [1.54, 1.807) is 0 Å². The van der Waals surface area contributed by atoms with Crippen LogP contribution in [0.2, 0.25) is 0 Å². The average molecular weight is 339 g/mol. The van der Waals surface area contributed by atoms with Gasteiger partial charge in [-0.2, -0.15) is 0 Å². The Morgan fingerprint density at radius 2 is 2.00 bits per heavy atom. The van der Waals surface area contributed by atoms with Gasteiger partial charge < -0.3 is 9.47 Å². The molecular formula is C17H23BrO2. The Morgan fingerprint density at radius 3 is 2.70 bits per heavy atom. The molecule has 0 aromatic heterocycles. The summed E-state index contributed by atoms with van der Waals surface area (Å²) in [5.74, 6) is 2.16. The normalized spacial score (nSPS) is 34.4. The van der Waals surface area contributed by atoms with Crippen molar-refractivity contribution in [2.45, 2.75) is 50.6 Å². The summed E-state index contributed by atoms with van der Waals surface area (Å²) in [7, 11) is 0. The van der Waals surface area contributed by atoms with Crippen LogP contribution in [0.3, 0.4) is 0 Å². The minimum Gasteiger partial charge on any atom is -0.493 e. The number of benzene rings is 1. The topological polar surface area (TPSA) is 18.5 Å². The lowest BCUT2D eigenvalue weighted by molar-refractivity contribution is 0.0511. The van der Waals surface area contributed by atoms with Crippen molar-refractivity contribution < 1.29 is 9.47 Å². The Morgan fingerprint density at radius 1 is 1.20 bits per heavy atom. The number of hydrogen-bond acceptors (Lipinski definition) is 2. The summed E-state index contributed by atoms with van der Waals surface area (Å²) < 4.78 is 11.7. The van der Waals surface area contributed by atoms with Crippen LogP contribution in [0.5, 0.6) is 5.75 Å². The standard InChI is InChI=1S/C17H23BrO2/c1-10-11(2)20-12(3)16(10)17(18)14-6-7-15-13(9-14)5-4-8-19-15/h6-7,9-12,16-17H,4-5,8H2,1-3H3. The van der Waals surface area contributed by atoms with Gasteiger partial charge in [-0.15, -0.1) is 0 Å². The van der Waals surface area contributed by atoms with Crippen LogP contribution in [-0.2, 0) is 11.2 Å². The van der Waals surface area contributed by atoms with Crippen molar-refractivity contribution in [2.24, 2.45) is 11.8 Å². The van der Waals surface area contributed by atoms with Crippen LogP contribution in [0.4, 0.5) is 0 Å². The van der Waals surface area contributed by atoms with Gasteiger partial charge in [-0.05, 0) is 49.8 Å². The second-order valence-corrected chi connectivity index (χ2v) is 7.19. The summed E-state index contributed by atoms with van der Waals surface area (Å²) in [5.41, 5.74) is 2.71. The van der Waals surface area contributed by atoms with Gasteiger partial charge in [0.15, 0.2) is 0 Å². The Kier molecular flexibility index (Phi) is 4.09. The quantitative estimate of drug-likeness (QED) is 0.738. The molecule has 3 rings (SSSR count).